The predicted octanol–water partition coefficient (Wildman–Crippen LogP) is 2.50. The summed E-state index contributed by atoms with van der Waals surface area (Å²) < 4.78 is 34.3. The molecule has 14 heteroatoms. The van der Waals surface area contributed by atoms with Crippen LogP contribution in [-0.2, 0) is 16.1 Å². The molecule has 0 spiro atoms. The Labute approximate surface area is 240 Å². The SMILES string of the molecule is COc1cc([C@@H]2c3cc4c(cc3[C@H](O)[C@H]3COC(=O)[C@H]23)OCO4)cc(OC)c1OC.Cc1ncc([N+](=O)[O-])n1CCO. The number of rotatable bonds is 7. The van der Waals surface area contributed by atoms with E-state index < -0.39 is 16.9 Å². The van der Waals surface area contributed by atoms with Crippen LogP contribution in [0.3, 0.4) is 0 Å². The van der Waals surface area contributed by atoms with E-state index in [-0.39, 0.29) is 50.2 Å². The molecule has 0 saturated carbocycles. The molecule has 1 aliphatic carbocycles. The van der Waals surface area contributed by atoms with Gasteiger partial charge < -0.3 is 48.7 Å². The fourth-order valence-electron chi connectivity index (χ4n) is 5.79. The number of fused-ring (bicyclic) bond motifs is 3. The number of imidazole rings is 1. The first-order chi connectivity index (χ1) is 20.2. The number of aryl methyl sites for hydroxylation is 1. The third-order valence-corrected chi connectivity index (χ3v) is 7.74. The van der Waals surface area contributed by atoms with Gasteiger partial charge in [0.25, 0.3) is 0 Å². The maximum atomic E-state index is 12.7. The van der Waals surface area contributed by atoms with Crippen LogP contribution in [0.15, 0.2) is 30.5 Å². The van der Waals surface area contributed by atoms with Crippen LogP contribution in [-0.4, -0.2) is 72.0 Å². The van der Waals surface area contributed by atoms with Gasteiger partial charge in [-0.05, 0) is 45.9 Å². The third kappa shape index (κ3) is 4.92. The molecular formula is C28H31N3O11. The highest BCUT2D eigenvalue weighted by molar-refractivity contribution is 5.79. The first kappa shape index (κ1) is 29.0. The molecule has 3 heterocycles. The van der Waals surface area contributed by atoms with Crippen molar-refractivity contribution in [2.24, 2.45) is 11.8 Å². The zero-order chi connectivity index (χ0) is 30.1. The highest BCUT2D eigenvalue weighted by Crippen LogP contribution is 2.55. The van der Waals surface area contributed by atoms with Crippen molar-refractivity contribution in [1.82, 2.24) is 9.55 Å². The number of aliphatic hydroxyl groups excluding tert-OH is 2. The molecule has 1 aromatic heterocycles. The van der Waals surface area contributed by atoms with E-state index in [4.69, 9.17) is 33.5 Å². The van der Waals surface area contributed by atoms with Gasteiger partial charge in [-0.1, -0.05) is 0 Å². The molecule has 1 saturated heterocycles. The first-order valence-electron chi connectivity index (χ1n) is 13.1. The lowest BCUT2D eigenvalue weighted by Gasteiger charge is -2.37. The number of carbonyl (C=O) groups is 1. The summed E-state index contributed by atoms with van der Waals surface area (Å²) in [5.74, 6) is 1.45. The molecule has 4 atom stereocenters. The maximum absolute atomic E-state index is 12.7. The Balaban J connectivity index is 0.000000248. The summed E-state index contributed by atoms with van der Waals surface area (Å²) in [6.07, 6.45) is 0.342. The Morgan fingerprint density at radius 3 is 2.26 bits per heavy atom. The van der Waals surface area contributed by atoms with E-state index in [2.05, 4.69) is 4.98 Å². The van der Waals surface area contributed by atoms with E-state index in [9.17, 15) is 20.0 Å². The molecule has 2 N–H and O–H groups in total. The van der Waals surface area contributed by atoms with Crippen LogP contribution in [0.4, 0.5) is 5.82 Å². The van der Waals surface area contributed by atoms with E-state index in [0.717, 1.165) is 11.1 Å². The zero-order valence-electron chi connectivity index (χ0n) is 23.4. The van der Waals surface area contributed by atoms with Crippen molar-refractivity contribution in [2.75, 3.05) is 41.3 Å². The Bertz CT molecular complexity index is 1480. The van der Waals surface area contributed by atoms with E-state index in [1.54, 1.807) is 27.2 Å². The number of benzene rings is 2. The van der Waals surface area contributed by atoms with Crippen LogP contribution >= 0.6 is 0 Å². The van der Waals surface area contributed by atoms with Gasteiger partial charge in [-0.25, -0.2) is 9.55 Å². The highest BCUT2D eigenvalue weighted by Gasteiger charge is 2.52. The lowest BCUT2D eigenvalue weighted by atomic mass is 9.66. The summed E-state index contributed by atoms with van der Waals surface area (Å²) in [6.45, 7) is 2.03. The van der Waals surface area contributed by atoms with Crippen LogP contribution in [0.1, 0.15) is 34.5 Å². The molecule has 42 heavy (non-hydrogen) atoms. The standard InChI is InChI=1S/C22H22O8.C6H9N3O3/c1-25-16-4-10(5-17(26-2)21(16)27-3)18-11-6-14-15(30-9-29-14)7-12(11)20(23)13-8-28-22(24)19(13)18;1-5-7-4-6(9(11)12)8(5)2-3-10/h4-7,13,18-20,23H,8-9H2,1-3H3;4,10H,2-3H2,1H3/t13-,18+,19-,20-;/m0./s1. The van der Waals surface area contributed by atoms with Crippen molar-refractivity contribution >= 4 is 11.8 Å². The molecule has 0 radical (unpaired) electrons. The molecular weight excluding hydrogens is 554 g/mol. The highest BCUT2D eigenvalue weighted by atomic mass is 16.7. The summed E-state index contributed by atoms with van der Waals surface area (Å²) in [7, 11) is 4.63. The second-order valence-corrected chi connectivity index (χ2v) is 9.83. The Kier molecular flexibility index (Phi) is 8.09. The number of nitrogens with zero attached hydrogens (tertiary/aromatic N) is 3. The number of hydrogen-bond donors (Lipinski definition) is 2. The topological polar surface area (TPSA) is 174 Å². The van der Waals surface area contributed by atoms with Crippen molar-refractivity contribution in [3.8, 4) is 28.7 Å². The largest absolute Gasteiger partial charge is 0.493 e. The minimum Gasteiger partial charge on any atom is -0.493 e. The number of methoxy groups -OCH3 is 3. The Morgan fingerprint density at radius 1 is 1.05 bits per heavy atom. The third-order valence-electron chi connectivity index (χ3n) is 7.74. The summed E-state index contributed by atoms with van der Waals surface area (Å²) in [4.78, 5) is 26.4. The number of ether oxygens (including phenoxy) is 6. The van der Waals surface area contributed by atoms with Crippen LogP contribution in [0.25, 0.3) is 0 Å². The molecule has 14 nitrogen and oxygen atoms in total. The van der Waals surface area contributed by atoms with E-state index in [1.807, 2.05) is 18.2 Å². The normalized spacial score (nSPS) is 21.4. The molecule has 0 unspecified atom stereocenters. The maximum Gasteiger partial charge on any atom is 0.342 e. The van der Waals surface area contributed by atoms with Gasteiger partial charge in [0.2, 0.25) is 12.5 Å². The van der Waals surface area contributed by atoms with Crippen molar-refractivity contribution in [2.45, 2.75) is 25.5 Å². The predicted molar refractivity (Wildman–Crippen MR) is 144 cm³/mol. The summed E-state index contributed by atoms with van der Waals surface area (Å²) in [5, 5.41) is 30.0. The molecule has 3 aliphatic rings. The second kappa shape index (κ2) is 11.7. The fourth-order valence-corrected chi connectivity index (χ4v) is 5.79. The second-order valence-electron chi connectivity index (χ2n) is 9.83. The first-order valence-corrected chi connectivity index (χ1v) is 13.1. The number of cyclic esters (lactones) is 1. The minimum absolute atomic E-state index is 0.0819. The average Bonchev–Trinajstić information content (AvgIpc) is 3.71. The van der Waals surface area contributed by atoms with Crippen molar-refractivity contribution in [3.05, 3.63) is 63.1 Å². The van der Waals surface area contributed by atoms with Gasteiger partial charge in [0.1, 0.15) is 12.7 Å². The lowest BCUT2D eigenvalue weighted by molar-refractivity contribution is -0.392. The molecule has 2 aliphatic heterocycles. The molecule has 3 aromatic rings. The smallest absolute Gasteiger partial charge is 0.342 e. The summed E-state index contributed by atoms with van der Waals surface area (Å²) in [5.41, 5.74) is 2.30. The molecule has 224 valence electrons. The average molecular weight is 586 g/mol. The van der Waals surface area contributed by atoms with Crippen molar-refractivity contribution in [1.29, 1.82) is 0 Å². The fraction of sp³-hybridized carbons (Fsp3) is 0.429. The molecule has 2 aromatic carbocycles. The molecule has 0 bridgehead atoms. The lowest BCUT2D eigenvalue weighted by Crippen LogP contribution is -2.34. The van der Waals surface area contributed by atoms with Crippen LogP contribution in [0, 0.1) is 28.9 Å². The Hall–Kier alpha value is -4.56. The van der Waals surface area contributed by atoms with E-state index >= 15 is 0 Å². The molecule has 6 rings (SSSR count). The number of hydrogen-bond acceptors (Lipinski definition) is 12. The number of esters is 1. The van der Waals surface area contributed by atoms with Crippen LogP contribution in [0.5, 0.6) is 28.7 Å². The quantitative estimate of drug-likeness (QED) is 0.236. The van der Waals surface area contributed by atoms with Gasteiger partial charge in [0, 0.05) is 18.8 Å². The van der Waals surface area contributed by atoms with Crippen LogP contribution < -0.4 is 23.7 Å². The molecule has 0 amide bonds. The monoisotopic (exact) mass is 585 g/mol. The number of aromatic nitrogens is 2. The number of carbonyl (C=O) groups excluding carboxylic acids is 1. The van der Waals surface area contributed by atoms with Crippen LogP contribution in [0.2, 0.25) is 0 Å². The van der Waals surface area contributed by atoms with Crippen molar-refractivity contribution in [3.63, 3.8) is 0 Å². The van der Waals surface area contributed by atoms with Gasteiger partial charge >= 0.3 is 11.8 Å². The van der Waals surface area contributed by atoms with E-state index in [1.165, 1.54) is 17.9 Å². The van der Waals surface area contributed by atoms with Gasteiger partial charge in [-0.2, -0.15) is 0 Å². The zero-order valence-corrected chi connectivity index (χ0v) is 23.4. The number of nitro groups is 1. The number of aliphatic hydroxyl groups is 2. The van der Waals surface area contributed by atoms with Gasteiger partial charge in [-0.3, -0.25) is 4.79 Å². The van der Waals surface area contributed by atoms with Gasteiger partial charge in [0.15, 0.2) is 28.8 Å². The van der Waals surface area contributed by atoms with Gasteiger partial charge in [-0.15, -0.1) is 0 Å². The minimum atomic E-state index is -0.843. The molecule has 1 fully saturated rings. The van der Waals surface area contributed by atoms with E-state index in [0.29, 0.717) is 40.1 Å². The summed E-state index contributed by atoms with van der Waals surface area (Å²) in [6, 6.07) is 7.31. The van der Waals surface area contributed by atoms with Gasteiger partial charge in [0.05, 0.1) is 46.6 Å². The summed E-state index contributed by atoms with van der Waals surface area (Å²) >= 11 is 0. The Morgan fingerprint density at radius 2 is 1.69 bits per heavy atom. The van der Waals surface area contributed by atoms with Crippen molar-refractivity contribution < 1.29 is 48.4 Å².